The molecule has 0 aliphatic heterocycles. The van der Waals surface area contributed by atoms with Crippen LogP contribution in [0.1, 0.15) is 17.4 Å². The Labute approximate surface area is 157 Å². The van der Waals surface area contributed by atoms with Crippen molar-refractivity contribution in [2.45, 2.75) is 20.3 Å². The predicted molar refractivity (Wildman–Crippen MR) is 97.9 cm³/mol. The van der Waals surface area contributed by atoms with E-state index in [0.29, 0.717) is 0 Å². The summed E-state index contributed by atoms with van der Waals surface area (Å²) in [6.45, 7) is 4.26. The zero-order valence-electron chi connectivity index (χ0n) is 14.0. The summed E-state index contributed by atoms with van der Waals surface area (Å²) in [6.07, 6.45) is 0.967. The quantitative estimate of drug-likeness (QED) is 0.710. The Kier molecular flexibility index (Phi) is 6.40. The molecule has 0 saturated carbocycles. The Bertz CT molecular complexity index is 799. The number of aryl methyl sites for hydroxylation is 2. The molecule has 0 spiro atoms. The highest BCUT2D eigenvalue weighted by Crippen LogP contribution is 2.35. The first-order valence-electron chi connectivity index (χ1n) is 7.68. The fourth-order valence-electron chi connectivity index (χ4n) is 2.44. The Morgan fingerprint density at radius 2 is 1.79 bits per heavy atom. The van der Waals surface area contributed by atoms with Crippen LogP contribution in [-0.4, -0.2) is 12.1 Å². The fourth-order valence-corrected chi connectivity index (χ4v) is 3.38. The molecule has 0 amide bonds. The smallest absolute Gasteiger partial charge is 0.188 e. The van der Waals surface area contributed by atoms with E-state index in [9.17, 15) is 0 Å². The van der Waals surface area contributed by atoms with Crippen LogP contribution < -0.4 is 27.0 Å². The van der Waals surface area contributed by atoms with E-state index >= 15 is 0 Å². The van der Waals surface area contributed by atoms with E-state index in [1.807, 2.05) is 24.3 Å². The van der Waals surface area contributed by atoms with E-state index in [-0.39, 0.29) is 17.0 Å². The maximum Gasteiger partial charge on any atom is 0.188 e. The van der Waals surface area contributed by atoms with Gasteiger partial charge in [-0.15, -0.1) is 11.3 Å². The summed E-state index contributed by atoms with van der Waals surface area (Å²) in [5, 5.41) is 4.27. The summed E-state index contributed by atoms with van der Waals surface area (Å²) in [5.74, 6) is 0.817. The lowest BCUT2D eigenvalue weighted by Gasteiger charge is -2.08. The maximum atomic E-state index is 5.39. The average molecular weight is 404 g/mol. The highest BCUT2D eigenvalue weighted by molar-refractivity contribution is 7.16. The van der Waals surface area contributed by atoms with Gasteiger partial charge in [-0.3, -0.25) is 0 Å². The van der Waals surface area contributed by atoms with Gasteiger partial charge in [-0.2, -0.15) is 0 Å². The summed E-state index contributed by atoms with van der Waals surface area (Å²) in [5.41, 5.74) is 4.42. The second-order valence-electron chi connectivity index (χ2n) is 5.34. The monoisotopic (exact) mass is 403 g/mol. The summed E-state index contributed by atoms with van der Waals surface area (Å²) in [6, 6.07) is 16.4. The van der Waals surface area contributed by atoms with Crippen LogP contribution in [0.2, 0.25) is 0 Å². The van der Waals surface area contributed by atoms with Gasteiger partial charge in [-0.05, 0) is 25.5 Å². The highest BCUT2D eigenvalue weighted by Gasteiger charge is 2.13. The number of para-hydroxylation sites is 2. The lowest BCUT2D eigenvalue weighted by molar-refractivity contribution is -0.00000495. The molecule has 2 aromatic carbocycles. The van der Waals surface area contributed by atoms with E-state index in [1.165, 1.54) is 10.4 Å². The predicted octanol–water partition coefficient (Wildman–Crippen LogP) is 2.44. The summed E-state index contributed by atoms with van der Waals surface area (Å²) in [4.78, 5) is 6.09. The van der Waals surface area contributed by atoms with E-state index in [4.69, 9.17) is 9.72 Å². The van der Waals surface area contributed by atoms with Gasteiger partial charge in [0.1, 0.15) is 5.75 Å². The third kappa shape index (κ3) is 3.97. The highest BCUT2D eigenvalue weighted by atomic mass is 79.9. The van der Waals surface area contributed by atoms with E-state index in [2.05, 4.69) is 43.4 Å². The Morgan fingerprint density at radius 3 is 2.46 bits per heavy atom. The lowest BCUT2D eigenvalue weighted by Crippen LogP contribution is -3.00. The molecule has 5 heteroatoms. The third-order valence-corrected chi connectivity index (χ3v) is 4.81. The van der Waals surface area contributed by atoms with Crippen LogP contribution in [0.3, 0.4) is 0 Å². The molecule has 1 N–H and O–H groups in total. The van der Waals surface area contributed by atoms with Gasteiger partial charge in [0.2, 0.25) is 0 Å². The van der Waals surface area contributed by atoms with Crippen molar-refractivity contribution >= 4 is 22.2 Å². The molecule has 0 atom stereocenters. The van der Waals surface area contributed by atoms with Crippen molar-refractivity contribution < 1.29 is 21.7 Å². The van der Waals surface area contributed by atoms with Crippen LogP contribution in [0.5, 0.6) is 5.75 Å². The number of nitrogens with one attached hydrogen (secondary N) is 1. The van der Waals surface area contributed by atoms with Crippen LogP contribution in [0.15, 0.2) is 48.5 Å². The zero-order chi connectivity index (χ0) is 16.2. The topological polar surface area (TPSA) is 34.1 Å². The first kappa shape index (κ1) is 18.5. The van der Waals surface area contributed by atoms with Gasteiger partial charge < -0.3 is 27.0 Å². The standard InChI is InChI=1S/C19H20N2OS.BrH/c1-4-17-18(14-11-9-13(2)10-12-14)21-19(23-17)20-15-7-5-6-8-16(15)22-3;/h5-12H,4H2,1-3H3,(H,20,21);1H/p-1. The number of hydrogen-bond acceptors (Lipinski definition) is 4. The first-order chi connectivity index (χ1) is 11.2. The lowest BCUT2D eigenvalue weighted by atomic mass is 10.1. The number of ether oxygens (including phenoxy) is 1. The van der Waals surface area contributed by atoms with Gasteiger partial charge in [-0.1, -0.05) is 48.9 Å². The molecule has 1 heterocycles. The molecule has 24 heavy (non-hydrogen) atoms. The molecule has 0 aliphatic carbocycles. The number of rotatable bonds is 5. The normalized spacial score (nSPS) is 10.1. The van der Waals surface area contributed by atoms with Crippen molar-refractivity contribution in [2.24, 2.45) is 0 Å². The maximum absolute atomic E-state index is 5.39. The van der Waals surface area contributed by atoms with Crippen molar-refractivity contribution in [1.29, 1.82) is 0 Å². The van der Waals surface area contributed by atoms with E-state index in [1.54, 1.807) is 18.4 Å². The Morgan fingerprint density at radius 1 is 1.08 bits per heavy atom. The van der Waals surface area contributed by atoms with E-state index in [0.717, 1.165) is 34.2 Å². The molecule has 0 radical (unpaired) electrons. The number of aromatic nitrogens is 1. The van der Waals surface area contributed by atoms with Gasteiger partial charge in [-0.25, -0.2) is 4.98 Å². The van der Waals surface area contributed by atoms with Gasteiger partial charge in [0, 0.05) is 10.4 Å². The summed E-state index contributed by atoms with van der Waals surface area (Å²) < 4.78 is 5.39. The van der Waals surface area contributed by atoms with Gasteiger partial charge >= 0.3 is 0 Å². The molecule has 0 fully saturated rings. The molecular weight excluding hydrogens is 384 g/mol. The minimum Gasteiger partial charge on any atom is -1.00 e. The fraction of sp³-hybridized carbons (Fsp3) is 0.211. The van der Waals surface area contributed by atoms with Gasteiger partial charge in [0.15, 0.2) is 5.13 Å². The minimum atomic E-state index is 0. The molecule has 3 nitrogen and oxygen atoms in total. The Hall–Kier alpha value is -1.85. The third-order valence-electron chi connectivity index (χ3n) is 3.69. The zero-order valence-corrected chi connectivity index (χ0v) is 16.4. The molecule has 1 aromatic heterocycles. The number of nitrogens with zero attached hydrogens (tertiary/aromatic N) is 1. The largest absolute Gasteiger partial charge is 1.00 e. The summed E-state index contributed by atoms with van der Waals surface area (Å²) in [7, 11) is 1.68. The van der Waals surface area contributed by atoms with Crippen molar-refractivity contribution in [3.8, 4) is 17.0 Å². The number of hydrogen-bond donors (Lipinski definition) is 1. The van der Waals surface area contributed by atoms with Crippen LogP contribution in [0.4, 0.5) is 10.8 Å². The van der Waals surface area contributed by atoms with Crippen molar-refractivity contribution in [2.75, 3.05) is 12.4 Å². The van der Waals surface area contributed by atoms with Crippen molar-refractivity contribution in [1.82, 2.24) is 4.98 Å². The molecule has 0 unspecified atom stereocenters. The molecule has 126 valence electrons. The average Bonchev–Trinajstić information content (AvgIpc) is 2.99. The van der Waals surface area contributed by atoms with Crippen LogP contribution in [-0.2, 0) is 6.42 Å². The summed E-state index contributed by atoms with van der Waals surface area (Å²) >= 11 is 1.69. The molecule has 0 aliphatic rings. The first-order valence-corrected chi connectivity index (χ1v) is 8.49. The molecule has 0 saturated heterocycles. The number of benzene rings is 2. The number of halogens is 1. The second kappa shape index (κ2) is 8.31. The number of thiazole rings is 1. The molecule has 0 bridgehead atoms. The second-order valence-corrected chi connectivity index (χ2v) is 6.42. The van der Waals surface area contributed by atoms with Crippen molar-refractivity contribution in [3.05, 3.63) is 59.0 Å². The van der Waals surface area contributed by atoms with Crippen LogP contribution in [0, 0.1) is 6.92 Å². The molecule has 3 aromatic rings. The number of methoxy groups -OCH3 is 1. The Balaban J connectivity index is 0.00000208. The van der Waals surface area contributed by atoms with Crippen LogP contribution in [0.25, 0.3) is 11.3 Å². The van der Waals surface area contributed by atoms with Gasteiger partial charge in [0.05, 0.1) is 18.5 Å². The number of anilines is 2. The SMILES string of the molecule is CCc1sc(Nc2ccccc2OC)nc1-c1ccc(C)cc1.[Br-]. The van der Waals surface area contributed by atoms with Gasteiger partial charge in [0.25, 0.3) is 0 Å². The van der Waals surface area contributed by atoms with E-state index < -0.39 is 0 Å². The van der Waals surface area contributed by atoms with Crippen LogP contribution >= 0.6 is 11.3 Å². The van der Waals surface area contributed by atoms with Crippen molar-refractivity contribution in [3.63, 3.8) is 0 Å². The molecular formula is C19H20BrN2OS-. The molecule has 3 rings (SSSR count). The minimum absolute atomic E-state index is 0.